The maximum absolute atomic E-state index is 14.3. The van der Waals surface area contributed by atoms with Crippen LogP contribution in [-0.4, -0.2) is 58.0 Å². The van der Waals surface area contributed by atoms with Crippen LogP contribution in [0.1, 0.15) is 49.3 Å². The van der Waals surface area contributed by atoms with Crippen molar-refractivity contribution in [2.75, 3.05) is 25.1 Å². The molecular formula is C33H40ClN3O6S. The van der Waals surface area contributed by atoms with Gasteiger partial charge in [0.2, 0.25) is 11.8 Å². The van der Waals surface area contributed by atoms with Crippen molar-refractivity contribution in [2.24, 2.45) is 0 Å². The molecule has 1 saturated carbocycles. The SMILES string of the molecule is COc1ccc(S(=O)(=O)N(CC(=O)N(Cc2ccccc2Cl)C(C)C(=O)NC2CCCC2)c2cc(C)cc(C)c2)cc1OC. The monoisotopic (exact) mass is 641 g/mol. The van der Waals surface area contributed by atoms with Crippen LogP contribution in [0.15, 0.2) is 65.6 Å². The fourth-order valence-electron chi connectivity index (χ4n) is 5.51. The van der Waals surface area contributed by atoms with Gasteiger partial charge in [-0.15, -0.1) is 0 Å². The first-order valence-electron chi connectivity index (χ1n) is 14.6. The van der Waals surface area contributed by atoms with E-state index in [9.17, 15) is 18.0 Å². The lowest BCUT2D eigenvalue weighted by Crippen LogP contribution is -2.52. The van der Waals surface area contributed by atoms with E-state index in [2.05, 4.69) is 5.32 Å². The fraction of sp³-hybridized carbons (Fsp3) is 0.394. The highest BCUT2D eigenvalue weighted by Crippen LogP contribution is 2.33. The van der Waals surface area contributed by atoms with Gasteiger partial charge in [0.25, 0.3) is 10.0 Å². The van der Waals surface area contributed by atoms with Gasteiger partial charge in [-0.25, -0.2) is 8.42 Å². The molecule has 0 spiro atoms. The molecule has 3 aromatic rings. The summed E-state index contributed by atoms with van der Waals surface area (Å²) in [6.07, 6.45) is 3.86. The van der Waals surface area contributed by atoms with E-state index < -0.39 is 28.5 Å². The summed E-state index contributed by atoms with van der Waals surface area (Å²) in [4.78, 5) is 29.0. The lowest BCUT2D eigenvalue weighted by atomic mass is 10.1. The summed E-state index contributed by atoms with van der Waals surface area (Å²) in [7, 11) is -1.41. The van der Waals surface area contributed by atoms with E-state index in [1.54, 1.807) is 43.3 Å². The van der Waals surface area contributed by atoms with Crippen LogP contribution >= 0.6 is 11.6 Å². The van der Waals surface area contributed by atoms with E-state index in [0.717, 1.165) is 41.1 Å². The molecule has 0 heterocycles. The third kappa shape index (κ3) is 7.65. The molecule has 1 unspecified atom stereocenters. The van der Waals surface area contributed by atoms with Crippen molar-refractivity contribution in [3.05, 3.63) is 82.4 Å². The van der Waals surface area contributed by atoms with Crippen LogP contribution in [0, 0.1) is 13.8 Å². The number of hydrogen-bond acceptors (Lipinski definition) is 6. The van der Waals surface area contributed by atoms with Crippen molar-refractivity contribution in [3.8, 4) is 11.5 Å². The first-order chi connectivity index (χ1) is 20.9. The standard InChI is InChI=1S/C33H40ClN3O6S/c1-22-16-23(2)18-27(17-22)37(44(40,41)28-14-15-30(42-4)31(19-28)43-5)21-32(38)36(20-25-10-6-9-13-29(25)34)24(3)33(39)35-26-11-7-8-12-26/h6,9-10,13-19,24,26H,7-8,11-12,20-21H2,1-5H3,(H,35,39). The topological polar surface area (TPSA) is 105 Å². The first kappa shape index (κ1) is 33.1. The Morgan fingerprint density at radius 2 is 1.59 bits per heavy atom. The number of rotatable bonds is 12. The van der Waals surface area contributed by atoms with Crippen LogP contribution < -0.4 is 19.1 Å². The highest BCUT2D eigenvalue weighted by molar-refractivity contribution is 7.92. The van der Waals surface area contributed by atoms with Gasteiger partial charge >= 0.3 is 0 Å². The molecule has 0 aliphatic heterocycles. The van der Waals surface area contributed by atoms with Gasteiger partial charge in [0.1, 0.15) is 12.6 Å². The second kappa shape index (κ2) is 14.3. The number of nitrogens with one attached hydrogen (secondary N) is 1. The second-order valence-electron chi connectivity index (χ2n) is 11.2. The van der Waals surface area contributed by atoms with Gasteiger partial charge in [-0.05, 0) is 80.6 Å². The molecule has 44 heavy (non-hydrogen) atoms. The zero-order valence-corrected chi connectivity index (χ0v) is 27.4. The number of hydrogen-bond donors (Lipinski definition) is 1. The van der Waals surface area contributed by atoms with Crippen LogP contribution in [0.4, 0.5) is 5.69 Å². The van der Waals surface area contributed by atoms with Crippen molar-refractivity contribution in [3.63, 3.8) is 0 Å². The Morgan fingerprint density at radius 1 is 0.955 bits per heavy atom. The van der Waals surface area contributed by atoms with Crippen LogP contribution in [-0.2, 0) is 26.2 Å². The molecule has 1 fully saturated rings. The average Bonchev–Trinajstić information content (AvgIpc) is 3.51. The summed E-state index contributed by atoms with van der Waals surface area (Å²) in [5.41, 5.74) is 2.63. The number of anilines is 1. The normalized spacial score (nSPS) is 14.1. The summed E-state index contributed by atoms with van der Waals surface area (Å²) >= 11 is 6.47. The van der Waals surface area contributed by atoms with Crippen LogP contribution in [0.3, 0.4) is 0 Å². The number of benzene rings is 3. The highest BCUT2D eigenvalue weighted by Gasteiger charge is 2.34. The van der Waals surface area contributed by atoms with Gasteiger partial charge in [-0.3, -0.25) is 13.9 Å². The molecule has 0 saturated heterocycles. The van der Waals surface area contributed by atoms with Gasteiger partial charge in [0.15, 0.2) is 11.5 Å². The van der Waals surface area contributed by atoms with Crippen molar-refractivity contribution < 1.29 is 27.5 Å². The van der Waals surface area contributed by atoms with Crippen molar-refractivity contribution >= 4 is 39.1 Å². The Balaban J connectivity index is 1.75. The molecule has 0 bridgehead atoms. The fourth-order valence-corrected chi connectivity index (χ4v) is 7.12. The molecule has 1 atom stereocenters. The molecule has 11 heteroatoms. The molecule has 1 N–H and O–H groups in total. The summed E-state index contributed by atoms with van der Waals surface area (Å²) in [5.74, 6) is -0.244. The van der Waals surface area contributed by atoms with Crippen LogP contribution in [0.5, 0.6) is 11.5 Å². The number of nitrogens with zero attached hydrogens (tertiary/aromatic N) is 2. The number of aryl methyl sites for hydroxylation is 2. The van der Waals surface area contributed by atoms with E-state index in [1.807, 2.05) is 19.9 Å². The third-order valence-electron chi connectivity index (χ3n) is 7.88. The van der Waals surface area contributed by atoms with Crippen LogP contribution in [0.25, 0.3) is 0 Å². The zero-order chi connectivity index (χ0) is 32.0. The van der Waals surface area contributed by atoms with Gasteiger partial charge in [-0.1, -0.05) is 48.7 Å². The average molecular weight is 642 g/mol. The summed E-state index contributed by atoms with van der Waals surface area (Å²) in [5, 5.41) is 3.51. The van der Waals surface area contributed by atoms with E-state index in [0.29, 0.717) is 22.0 Å². The van der Waals surface area contributed by atoms with Crippen molar-refractivity contribution in [1.82, 2.24) is 10.2 Å². The molecule has 1 aliphatic rings. The minimum Gasteiger partial charge on any atom is -0.493 e. The molecule has 236 valence electrons. The summed E-state index contributed by atoms with van der Waals surface area (Å²) in [6, 6.07) is 15.9. The predicted octanol–water partition coefficient (Wildman–Crippen LogP) is 5.65. The largest absolute Gasteiger partial charge is 0.493 e. The van der Waals surface area contributed by atoms with Crippen molar-refractivity contribution in [1.29, 1.82) is 0 Å². The van der Waals surface area contributed by atoms with Gasteiger partial charge < -0.3 is 19.7 Å². The third-order valence-corrected chi connectivity index (χ3v) is 10.0. The van der Waals surface area contributed by atoms with Gasteiger partial charge in [-0.2, -0.15) is 0 Å². The Bertz CT molecular complexity index is 1590. The number of sulfonamides is 1. The molecule has 2 amide bonds. The number of carbonyl (C=O) groups excluding carboxylic acids is 2. The molecule has 1 aliphatic carbocycles. The highest BCUT2D eigenvalue weighted by atomic mass is 35.5. The smallest absolute Gasteiger partial charge is 0.264 e. The Kier molecular flexibility index (Phi) is 10.8. The number of carbonyl (C=O) groups is 2. The minimum atomic E-state index is -4.30. The number of ether oxygens (including phenoxy) is 2. The van der Waals surface area contributed by atoms with E-state index in [4.69, 9.17) is 21.1 Å². The number of halogens is 1. The minimum absolute atomic E-state index is 0.0227. The van der Waals surface area contributed by atoms with Crippen molar-refractivity contribution in [2.45, 2.75) is 70.0 Å². The van der Waals surface area contributed by atoms with E-state index in [1.165, 1.54) is 37.3 Å². The summed E-state index contributed by atoms with van der Waals surface area (Å²) in [6.45, 7) is 4.85. The second-order valence-corrected chi connectivity index (χ2v) is 13.4. The maximum atomic E-state index is 14.3. The molecule has 9 nitrogen and oxygen atoms in total. The lowest BCUT2D eigenvalue weighted by Gasteiger charge is -2.33. The lowest BCUT2D eigenvalue weighted by molar-refractivity contribution is -0.139. The summed E-state index contributed by atoms with van der Waals surface area (Å²) < 4.78 is 40.3. The first-order valence-corrected chi connectivity index (χ1v) is 16.4. The maximum Gasteiger partial charge on any atom is 0.264 e. The van der Waals surface area contributed by atoms with Gasteiger partial charge in [0.05, 0.1) is 24.8 Å². The molecule has 3 aromatic carbocycles. The predicted molar refractivity (Wildman–Crippen MR) is 172 cm³/mol. The van der Waals surface area contributed by atoms with Crippen LogP contribution in [0.2, 0.25) is 5.02 Å². The molecular weight excluding hydrogens is 602 g/mol. The van der Waals surface area contributed by atoms with E-state index >= 15 is 0 Å². The number of amides is 2. The zero-order valence-electron chi connectivity index (χ0n) is 25.8. The molecule has 0 aromatic heterocycles. The Labute approximate surface area is 265 Å². The quantitative estimate of drug-likeness (QED) is 0.274. The molecule has 4 rings (SSSR count). The number of methoxy groups -OCH3 is 2. The Hall–Kier alpha value is -3.76. The van der Waals surface area contributed by atoms with Gasteiger partial charge in [0, 0.05) is 23.7 Å². The van der Waals surface area contributed by atoms with E-state index in [-0.39, 0.29) is 29.1 Å². The Morgan fingerprint density at radius 3 is 2.20 bits per heavy atom. The molecule has 0 radical (unpaired) electrons.